The van der Waals surface area contributed by atoms with E-state index in [2.05, 4.69) is 33.2 Å². The number of nitrogens with zero attached hydrogens (tertiary/aromatic N) is 4. The average Bonchev–Trinajstić information content (AvgIpc) is 2.47. The summed E-state index contributed by atoms with van der Waals surface area (Å²) < 4.78 is 5.13. The predicted octanol–water partition coefficient (Wildman–Crippen LogP) is 1.97. The van der Waals surface area contributed by atoms with Crippen LogP contribution >= 0.6 is 0 Å². The number of hydrogen-bond acceptors (Lipinski definition) is 6. The lowest BCUT2D eigenvalue weighted by atomic mass is 10.2. The minimum Gasteiger partial charge on any atom is -0.383 e. The van der Waals surface area contributed by atoms with Crippen LogP contribution in [0.4, 0.5) is 11.6 Å². The largest absolute Gasteiger partial charge is 0.383 e. The Labute approximate surface area is 120 Å². The molecule has 110 valence electrons. The summed E-state index contributed by atoms with van der Waals surface area (Å²) in [6, 6.07) is 2.17. The van der Waals surface area contributed by atoms with Crippen LogP contribution in [0.2, 0.25) is 0 Å². The molecule has 1 aromatic rings. The van der Waals surface area contributed by atoms with Crippen molar-refractivity contribution in [2.75, 3.05) is 43.6 Å². The molecule has 0 fully saturated rings. The van der Waals surface area contributed by atoms with E-state index in [4.69, 9.17) is 10.00 Å². The van der Waals surface area contributed by atoms with Crippen molar-refractivity contribution in [2.45, 2.75) is 26.7 Å². The summed E-state index contributed by atoms with van der Waals surface area (Å²) in [5.74, 6) is 1.72. The molecule has 0 aliphatic rings. The molecule has 0 saturated carbocycles. The van der Waals surface area contributed by atoms with E-state index < -0.39 is 0 Å². The van der Waals surface area contributed by atoms with Crippen molar-refractivity contribution < 1.29 is 4.74 Å². The maximum Gasteiger partial charge on any atom is 0.137 e. The fraction of sp³-hybridized carbons (Fsp3) is 0.643. The molecule has 0 aromatic carbocycles. The van der Waals surface area contributed by atoms with E-state index in [9.17, 15) is 0 Å². The molecular formula is C14H23N5O. The van der Waals surface area contributed by atoms with Gasteiger partial charge in [-0.15, -0.1) is 0 Å². The number of ether oxygens (including phenoxy) is 1. The molecule has 0 amide bonds. The summed E-state index contributed by atoms with van der Waals surface area (Å²) in [4.78, 5) is 10.7. The first kappa shape index (κ1) is 16.2. The Hall–Kier alpha value is -1.87. The molecule has 0 bridgehead atoms. The number of anilines is 2. The third-order valence-electron chi connectivity index (χ3n) is 2.96. The molecule has 0 unspecified atom stereocenters. The molecule has 1 N–H and O–H groups in total. The van der Waals surface area contributed by atoms with Crippen molar-refractivity contribution in [3.63, 3.8) is 0 Å². The SMILES string of the molecule is CCCNc1ncnc(N(CCC#N)CCOC)c1C. The molecular weight excluding hydrogens is 254 g/mol. The van der Waals surface area contributed by atoms with Crippen LogP contribution < -0.4 is 10.2 Å². The van der Waals surface area contributed by atoms with Gasteiger partial charge in [-0.2, -0.15) is 5.26 Å². The summed E-state index contributed by atoms with van der Waals surface area (Å²) in [6.07, 6.45) is 3.07. The van der Waals surface area contributed by atoms with Gasteiger partial charge in [0.25, 0.3) is 0 Å². The van der Waals surface area contributed by atoms with Crippen molar-refractivity contribution in [1.29, 1.82) is 5.26 Å². The third kappa shape index (κ3) is 4.67. The number of nitriles is 1. The Morgan fingerprint density at radius 3 is 2.85 bits per heavy atom. The average molecular weight is 277 g/mol. The van der Waals surface area contributed by atoms with Gasteiger partial charge in [-0.25, -0.2) is 9.97 Å². The molecule has 0 spiro atoms. The van der Waals surface area contributed by atoms with E-state index in [0.29, 0.717) is 26.1 Å². The summed E-state index contributed by atoms with van der Waals surface area (Å²) >= 11 is 0. The van der Waals surface area contributed by atoms with E-state index in [1.807, 2.05) is 6.92 Å². The lowest BCUT2D eigenvalue weighted by Crippen LogP contribution is -2.30. The Bertz CT molecular complexity index is 444. The summed E-state index contributed by atoms with van der Waals surface area (Å²) in [6.45, 7) is 6.95. The van der Waals surface area contributed by atoms with E-state index in [1.165, 1.54) is 0 Å². The molecule has 1 heterocycles. The Kier molecular flexibility index (Phi) is 7.36. The van der Waals surface area contributed by atoms with Crippen LogP contribution in [0, 0.1) is 18.3 Å². The molecule has 0 aliphatic carbocycles. The van der Waals surface area contributed by atoms with Gasteiger partial charge in [-0.05, 0) is 13.3 Å². The quantitative estimate of drug-likeness (QED) is 0.744. The maximum absolute atomic E-state index is 8.77. The number of methoxy groups -OCH3 is 1. The summed E-state index contributed by atoms with van der Waals surface area (Å²) in [5.41, 5.74) is 1.01. The predicted molar refractivity (Wildman–Crippen MR) is 79.9 cm³/mol. The molecule has 20 heavy (non-hydrogen) atoms. The lowest BCUT2D eigenvalue weighted by Gasteiger charge is -2.24. The van der Waals surface area contributed by atoms with Crippen molar-refractivity contribution in [3.05, 3.63) is 11.9 Å². The molecule has 1 aromatic heterocycles. The second kappa shape index (κ2) is 9.10. The van der Waals surface area contributed by atoms with Gasteiger partial charge in [-0.1, -0.05) is 6.92 Å². The van der Waals surface area contributed by atoms with E-state index in [0.717, 1.165) is 30.2 Å². The van der Waals surface area contributed by atoms with Crippen LogP contribution in [0.1, 0.15) is 25.3 Å². The van der Waals surface area contributed by atoms with Crippen LogP contribution in [0.5, 0.6) is 0 Å². The van der Waals surface area contributed by atoms with Crippen LogP contribution in [0.3, 0.4) is 0 Å². The Morgan fingerprint density at radius 2 is 2.20 bits per heavy atom. The maximum atomic E-state index is 8.77. The van der Waals surface area contributed by atoms with Gasteiger partial charge in [-0.3, -0.25) is 0 Å². The number of hydrogen-bond donors (Lipinski definition) is 1. The smallest absolute Gasteiger partial charge is 0.137 e. The third-order valence-corrected chi connectivity index (χ3v) is 2.96. The normalized spacial score (nSPS) is 10.1. The van der Waals surface area contributed by atoms with Gasteiger partial charge in [0, 0.05) is 32.3 Å². The fourth-order valence-corrected chi connectivity index (χ4v) is 1.89. The molecule has 0 radical (unpaired) electrons. The topological polar surface area (TPSA) is 74.1 Å². The van der Waals surface area contributed by atoms with Gasteiger partial charge in [0.2, 0.25) is 0 Å². The van der Waals surface area contributed by atoms with Crippen LogP contribution in [0.15, 0.2) is 6.33 Å². The molecule has 6 heteroatoms. The van der Waals surface area contributed by atoms with Gasteiger partial charge >= 0.3 is 0 Å². The molecule has 0 saturated heterocycles. The molecule has 1 rings (SSSR count). The van der Waals surface area contributed by atoms with Gasteiger partial charge in [0.15, 0.2) is 0 Å². The highest BCUT2D eigenvalue weighted by atomic mass is 16.5. The highest BCUT2D eigenvalue weighted by Crippen LogP contribution is 2.22. The zero-order valence-corrected chi connectivity index (χ0v) is 12.5. The minimum absolute atomic E-state index is 0.463. The highest BCUT2D eigenvalue weighted by Gasteiger charge is 2.13. The lowest BCUT2D eigenvalue weighted by molar-refractivity contribution is 0.205. The van der Waals surface area contributed by atoms with Crippen molar-refractivity contribution in [3.8, 4) is 6.07 Å². The standard InChI is InChI=1S/C14H23N5O/c1-4-7-16-13-12(2)14(18-11-17-13)19(8-5-6-15)9-10-20-3/h11H,4-5,7-10H2,1-3H3,(H,16,17,18). The zero-order chi connectivity index (χ0) is 14.8. The second-order valence-electron chi connectivity index (χ2n) is 4.49. The molecule has 6 nitrogen and oxygen atoms in total. The zero-order valence-electron chi connectivity index (χ0n) is 12.5. The highest BCUT2D eigenvalue weighted by molar-refractivity contribution is 5.57. The summed E-state index contributed by atoms with van der Waals surface area (Å²) in [5, 5.41) is 12.1. The molecule has 0 aliphatic heterocycles. The molecule has 0 atom stereocenters. The minimum atomic E-state index is 0.463. The second-order valence-corrected chi connectivity index (χ2v) is 4.49. The van der Waals surface area contributed by atoms with Crippen molar-refractivity contribution in [1.82, 2.24) is 9.97 Å². The fourth-order valence-electron chi connectivity index (χ4n) is 1.89. The van der Waals surface area contributed by atoms with Crippen LogP contribution in [-0.2, 0) is 4.74 Å². The van der Waals surface area contributed by atoms with Crippen LogP contribution in [-0.4, -0.2) is 43.3 Å². The van der Waals surface area contributed by atoms with Crippen LogP contribution in [0.25, 0.3) is 0 Å². The van der Waals surface area contributed by atoms with Gasteiger partial charge < -0.3 is 15.0 Å². The van der Waals surface area contributed by atoms with Crippen molar-refractivity contribution in [2.24, 2.45) is 0 Å². The van der Waals surface area contributed by atoms with Gasteiger partial charge in [0.1, 0.15) is 18.0 Å². The monoisotopic (exact) mass is 277 g/mol. The number of rotatable bonds is 9. The van der Waals surface area contributed by atoms with Crippen molar-refractivity contribution >= 4 is 11.6 Å². The number of aromatic nitrogens is 2. The number of nitrogens with one attached hydrogen (secondary N) is 1. The first-order valence-electron chi connectivity index (χ1n) is 6.90. The van der Waals surface area contributed by atoms with E-state index in [-0.39, 0.29) is 0 Å². The first-order chi connectivity index (χ1) is 9.74. The summed E-state index contributed by atoms with van der Waals surface area (Å²) in [7, 11) is 1.67. The van der Waals surface area contributed by atoms with E-state index >= 15 is 0 Å². The Balaban J connectivity index is 2.90. The van der Waals surface area contributed by atoms with Gasteiger partial charge in [0.05, 0.1) is 19.1 Å². The van der Waals surface area contributed by atoms with E-state index in [1.54, 1.807) is 13.4 Å². The first-order valence-corrected chi connectivity index (χ1v) is 6.90. The Morgan fingerprint density at radius 1 is 1.40 bits per heavy atom.